The lowest BCUT2D eigenvalue weighted by Crippen LogP contribution is -2.53. The number of amides is 1. The van der Waals surface area contributed by atoms with Crippen LogP contribution in [0.3, 0.4) is 0 Å². The highest BCUT2D eigenvalue weighted by atomic mass is 35.5. The lowest BCUT2D eigenvalue weighted by Gasteiger charge is -2.30. The number of carbonyl (C=O) groups excluding carboxylic acids is 1. The first-order valence-electron chi connectivity index (χ1n) is 5.28. The third-order valence-electron chi connectivity index (χ3n) is 2.77. The van der Waals surface area contributed by atoms with Gasteiger partial charge in [-0.15, -0.1) is 23.7 Å². The van der Waals surface area contributed by atoms with E-state index in [0.717, 1.165) is 25.9 Å². The summed E-state index contributed by atoms with van der Waals surface area (Å²) in [5, 5.41) is 5.20. The maximum atomic E-state index is 11.8. The molecule has 2 rings (SSSR count). The van der Waals surface area contributed by atoms with Crippen LogP contribution in [0, 0.1) is 0 Å². The number of likely N-dealkylation sites (N-methyl/N-ethyl adjacent to an activating group) is 1. The van der Waals surface area contributed by atoms with Crippen molar-refractivity contribution in [1.82, 2.24) is 10.2 Å². The minimum Gasteiger partial charge on any atom is -0.344 e. The summed E-state index contributed by atoms with van der Waals surface area (Å²) in [6.45, 7) is 1.80. The zero-order chi connectivity index (χ0) is 10.7. The molecule has 1 fully saturated rings. The molecular formula is C11H17ClN2OS. The molecule has 1 saturated heterocycles. The number of hydrogen-bond donors (Lipinski definition) is 1. The van der Waals surface area contributed by atoms with Gasteiger partial charge in [-0.3, -0.25) is 4.79 Å². The average Bonchev–Trinajstić information content (AvgIpc) is 2.63. The summed E-state index contributed by atoms with van der Waals surface area (Å²) in [6.07, 6.45) is 1.95. The third-order valence-corrected chi connectivity index (χ3v) is 3.71. The molecule has 0 spiro atoms. The summed E-state index contributed by atoms with van der Waals surface area (Å²) in [5.41, 5.74) is 0. The quantitative estimate of drug-likeness (QED) is 0.891. The molecule has 0 saturated carbocycles. The summed E-state index contributed by atoms with van der Waals surface area (Å²) in [4.78, 5) is 14.9. The molecule has 1 aromatic rings. The molecule has 0 unspecified atom stereocenters. The van der Waals surface area contributed by atoms with Crippen LogP contribution in [0.2, 0.25) is 0 Å². The van der Waals surface area contributed by atoms with Crippen molar-refractivity contribution in [2.75, 3.05) is 20.1 Å². The number of nitrogens with zero attached hydrogens (tertiary/aromatic N) is 1. The van der Waals surface area contributed by atoms with Crippen molar-refractivity contribution in [2.45, 2.75) is 18.9 Å². The molecule has 0 radical (unpaired) electrons. The van der Waals surface area contributed by atoms with Crippen molar-refractivity contribution in [3.63, 3.8) is 0 Å². The molecule has 1 aliphatic heterocycles. The lowest BCUT2D eigenvalue weighted by atomic mass is 10.1. The SMILES string of the molecule is CN(CCc1cccs1)C(=O)[C@H]1CCN1.Cl. The van der Waals surface area contributed by atoms with Gasteiger partial charge in [-0.25, -0.2) is 0 Å². The number of nitrogens with one attached hydrogen (secondary N) is 1. The summed E-state index contributed by atoms with van der Waals surface area (Å²) in [5.74, 6) is 0.234. The molecule has 1 aliphatic rings. The van der Waals surface area contributed by atoms with Crippen LogP contribution in [0.15, 0.2) is 17.5 Å². The van der Waals surface area contributed by atoms with Crippen molar-refractivity contribution in [1.29, 1.82) is 0 Å². The van der Waals surface area contributed by atoms with Crippen molar-refractivity contribution in [2.24, 2.45) is 0 Å². The van der Waals surface area contributed by atoms with Crippen LogP contribution < -0.4 is 5.32 Å². The van der Waals surface area contributed by atoms with E-state index in [9.17, 15) is 4.79 Å². The largest absolute Gasteiger partial charge is 0.344 e. The van der Waals surface area contributed by atoms with Gasteiger partial charge < -0.3 is 10.2 Å². The number of hydrogen-bond acceptors (Lipinski definition) is 3. The van der Waals surface area contributed by atoms with Crippen molar-refractivity contribution >= 4 is 29.7 Å². The zero-order valence-corrected chi connectivity index (χ0v) is 10.9. The maximum Gasteiger partial charge on any atom is 0.239 e. The van der Waals surface area contributed by atoms with Gasteiger partial charge in [0.15, 0.2) is 0 Å². The Morgan fingerprint density at radius 1 is 1.69 bits per heavy atom. The van der Waals surface area contributed by atoms with Crippen LogP contribution >= 0.6 is 23.7 Å². The van der Waals surface area contributed by atoms with Crippen molar-refractivity contribution < 1.29 is 4.79 Å². The van der Waals surface area contributed by atoms with E-state index < -0.39 is 0 Å². The number of carbonyl (C=O) groups is 1. The lowest BCUT2D eigenvalue weighted by molar-refractivity contribution is -0.133. The Balaban J connectivity index is 0.00000128. The van der Waals surface area contributed by atoms with Crippen molar-refractivity contribution in [3.8, 4) is 0 Å². The molecule has 0 aliphatic carbocycles. The van der Waals surface area contributed by atoms with Gasteiger partial charge in [-0.05, 0) is 30.8 Å². The number of halogens is 1. The molecule has 1 aromatic heterocycles. The molecule has 0 aromatic carbocycles. The molecule has 1 amide bonds. The Hall–Kier alpha value is -0.580. The van der Waals surface area contributed by atoms with Crippen LogP contribution in [0.1, 0.15) is 11.3 Å². The standard InChI is InChI=1S/C11H16N2OS.ClH/c1-13(11(14)10-4-6-12-10)7-5-9-3-2-8-15-9;/h2-3,8,10,12H,4-7H2,1H3;1H/t10-;/m1./s1. The highest BCUT2D eigenvalue weighted by Crippen LogP contribution is 2.11. The van der Waals surface area contributed by atoms with E-state index in [1.807, 2.05) is 11.9 Å². The Bertz CT molecular complexity index is 325. The molecule has 90 valence electrons. The highest BCUT2D eigenvalue weighted by Gasteiger charge is 2.26. The average molecular weight is 261 g/mol. The Morgan fingerprint density at radius 3 is 2.94 bits per heavy atom. The van der Waals surface area contributed by atoms with Crippen LogP contribution in [-0.4, -0.2) is 37.0 Å². The monoisotopic (exact) mass is 260 g/mol. The van der Waals surface area contributed by atoms with E-state index in [0.29, 0.717) is 0 Å². The second-order valence-electron chi connectivity index (χ2n) is 3.88. The first kappa shape index (κ1) is 13.5. The minimum absolute atomic E-state index is 0. The second-order valence-corrected chi connectivity index (χ2v) is 4.92. The van der Waals surface area contributed by atoms with E-state index in [1.54, 1.807) is 11.3 Å². The zero-order valence-electron chi connectivity index (χ0n) is 9.31. The molecule has 1 N–H and O–H groups in total. The fourth-order valence-corrected chi connectivity index (χ4v) is 2.31. The Kier molecular flexibility index (Phi) is 5.25. The van der Waals surface area contributed by atoms with E-state index in [-0.39, 0.29) is 24.4 Å². The first-order valence-corrected chi connectivity index (χ1v) is 6.16. The normalized spacial score (nSPS) is 18.4. The summed E-state index contributed by atoms with van der Waals surface area (Å²) in [6, 6.07) is 4.25. The third kappa shape index (κ3) is 3.20. The van der Waals surface area contributed by atoms with Crippen LogP contribution in [0.4, 0.5) is 0 Å². The number of thiophene rings is 1. The highest BCUT2D eigenvalue weighted by molar-refractivity contribution is 7.09. The van der Waals surface area contributed by atoms with E-state index in [4.69, 9.17) is 0 Å². The van der Waals surface area contributed by atoms with Gasteiger partial charge in [0.25, 0.3) is 0 Å². The van der Waals surface area contributed by atoms with Gasteiger partial charge in [-0.1, -0.05) is 6.07 Å². The number of rotatable bonds is 4. The molecule has 5 heteroatoms. The first-order chi connectivity index (χ1) is 7.27. The summed E-state index contributed by atoms with van der Waals surface area (Å²) < 4.78 is 0. The van der Waals surface area contributed by atoms with Crippen molar-refractivity contribution in [3.05, 3.63) is 22.4 Å². The topological polar surface area (TPSA) is 32.3 Å². The Labute approximate surface area is 106 Å². The van der Waals surface area contributed by atoms with Gasteiger partial charge in [0.05, 0.1) is 6.04 Å². The predicted molar refractivity (Wildman–Crippen MR) is 69.3 cm³/mol. The van der Waals surface area contributed by atoms with Gasteiger partial charge in [0, 0.05) is 18.5 Å². The fourth-order valence-electron chi connectivity index (χ4n) is 1.61. The molecule has 1 atom stereocenters. The van der Waals surface area contributed by atoms with Gasteiger partial charge in [0.2, 0.25) is 5.91 Å². The molecule has 2 heterocycles. The van der Waals surface area contributed by atoms with E-state index >= 15 is 0 Å². The van der Waals surface area contributed by atoms with Crippen LogP contribution in [0.5, 0.6) is 0 Å². The van der Waals surface area contributed by atoms with Gasteiger partial charge >= 0.3 is 0 Å². The summed E-state index contributed by atoms with van der Waals surface area (Å²) >= 11 is 1.75. The maximum absolute atomic E-state index is 11.8. The minimum atomic E-state index is 0. The van der Waals surface area contributed by atoms with E-state index in [2.05, 4.69) is 22.8 Å². The molecule has 0 bridgehead atoms. The fraction of sp³-hybridized carbons (Fsp3) is 0.545. The van der Waals surface area contributed by atoms with Crippen LogP contribution in [-0.2, 0) is 11.2 Å². The van der Waals surface area contributed by atoms with Gasteiger partial charge in [0.1, 0.15) is 0 Å². The Morgan fingerprint density at radius 2 is 2.44 bits per heavy atom. The smallest absolute Gasteiger partial charge is 0.239 e. The molecular weight excluding hydrogens is 244 g/mol. The second kappa shape index (κ2) is 6.23. The van der Waals surface area contributed by atoms with Crippen LogP contribution in [0.25, 0.3) is 0 Å². The molecule has 3 nitrogen and oxygen atoms in total. The van der Waals surface area contributed by atoms with E-state index in [1.165, 1.54) is 4.88 Å². The van der Waals surface area contributed by atoms with Gasteiger partial charge in [-0.2, -0.15) is 0 Å². The summed E-state index contributed by atoms with van der Waals surface area (Å²) in [7, 11) is 1.88. The predicted octanol–water partition coefficient (Wildman–Crippen LogP) is 1.53. The molecule has 16 heavy (non-hydrogen) atoms.